The third-order valence-electron chi connectivity index (χ3n) is 5.60. The van der Waals surface area contributed by atoms with Crippen LogP contribution >= 0.6 is 0 Å². The van der Waals surface area contributed by atoms with Crippen LogP contribution in [-0.2, 0) is 18.5 Å². The summed E-state index contributed by atoms with van der Waals surface area (Å²) in [7, 11) is 1.64. The number of hydrogen-bond acceptors (Lipinski definition) is 6. The van der Waals surface area contributed by atoms with Crippen LogP contribution in [0.5, 0.6) is 0 Å². The molecule has 3 aromatic rings. The van der Waals surface area contributed by atoms with Crippen molar-refractivity contribution in [2.75, 3.05) is 17.7 Å². The molecule has 0 fully saturated rings. The summed E-state index contributed by atoms with van der Waals surface area (Å²) >= 11 is 0. The SMILES string of the molecule is C=C(Cc1cc(F)c(-c2cnc(N/C(C=NC)=C/C)nc2)cc1F)Nc1cnc(CC)c(C(C)(C)F)c1. The second-order valence-corrected chi connectivity index (χ2v) is 8.92. The van der Waals surface area contributed by atoms with Crippen LogP contribution in [-0.4, -0.2) is 28.2 Å². The lowest BCUT2D eigenvalue weighted by atomic mass is 9.96. The average molecular weight is 509 g/mol. The predicted molar refractivity (Wildman–Crippen MR) is 143 cm³/mol. The fraction of sp³-hybridized carbons (Fsp3) is 0.286. The summed E-state index contributed by atoms with van der Waals surface area (Å²) < 4.78 is 44.5. The Balaban J connectivity index is 1.75. The summed E-state index contributed by atoms with van der Waals surface area (Å²) in [4.78, 5) is 16.6. The minimum Gasteiger partial charge on any atom is -0.358 e. The zero-order chi connectivity index (χ0) is 27.2. The number of nitrogens with one attached hydrogen (secondary N) is 2. The number of benzene rings is 1. The van der Waals surface area contributed by atoms with E-state index in [4.69, 9.17) is 0 Å². The minimum absolute atomic E-state index is 0.0252. The Bertz CT molecular complexity index is 1320. The van der Waals surface area contributed by atoms with Crippen molar-refractivity contribution in [2.24, 2.45) is 4.99 Å². The van der Waals surface area contributed by atoms with Gasteiger partial charge in [-0.15, -0.1) is 0 Å². The molecule has 3 rings (SSSR count). The highest BCUT2D eigenvalue weighted by molar-refractivity contribution is 5.82. The maximum absolute atomic E-state index is 15.0. The summed E-state index contributed by atoms with van der Waals surface area (Å²) in [6, 6.07) is 3.92. The lowest BCUT2D eigenvalue weighted by Gasteiger charge is -2.20. The smallest absolute Gasteiger partial charge is 0.227 e. The third kappa shape index (κ3) is 7.03. The molecule has 0 amide bonds. The molecule has 6 nitrogen and oxygen atoms in total. The van der Waals surface area contributed by atoms with Gasteiger partial charge in [-0.25, -0.2) is 23.1 Å². The molecule has 0 unspecified atom stereocenters. The van der Waals surface area contributed by atoms with Crippen LogP contribution in [0.25, 0.3) is 11.1 Å². The van der Waals surface area contributed by atoms with Gasteiger partial charge >= 0.3 is 0 Å². The van der Waals surface area contributed by atoms with Gasteiger partial charge in [0, 0.05) is 60.2 Å². The summed E-state index contributed by atoms with van der Waals surface area (Å²) in [6.45, 7) is 10.6. The first kappa shape index (κ1) is 27.6. The molecule has 2 N–H and O–H groups in total. The summed E-state index contributed by atoms with van der Waals surface area (Å²) in [5, 5.41) is 6.01. The molecule has 0 saturated heterocycles. The Morgan fingerprint density at radius 3 is 2.35 bits per heavy atom. The highest BCUT2D eigenvalue weighted by atomic mass is 19.1. The number of halogens is 3. The van der Waals surface area contributed by atoms with Crippen molar-refractivity contribution in [3.8, 4) is 11.1 Å². The van der Waals surface area contributed by atoms with E-state index in [1.165, 1.54) is 26.2 Å². The average Bonchev–Trinajstić information content (AvgIpc) is 2.85. The van der Waals surface area contributed by atoms with E-state index >= 15 is 0 Å². The van der Waals surface area contributed by atoms with Crippen molar-refractivity contribution in [3.05, 3.63) is 89.3 Å². The zero-order valence-electron chi connectivity index (χ0n) is 21.7. The molecule has 0 aliphatic rings. The number of hydrogen-bond donors (Lipinski definition) is 2. The first-order valence-corrected chi connectivity index (χ1v) is 11.8. The van der Waals surface area contributed by atoms with Crippen LogP contribution in [0.15, 0.2) is 65.8 Å². The maximum atomic E-state index is 15.0. The molecule has 0 atom stereocenters. The number of anilines is 2. The Hall–Kier alpha value is -4.01. The third-order valence-corrected chi connectivity index (χ3v) is 5.60. The van der Waals surface area contributed by atoms with E-state index in [1.54, 1.807) is 31.6 Å². The molecule has 0 aliphatic heterocycles. The highest BCUT2D eigenvalue weighted by Crippen LogP contribution is 2.30. The number of alkyl halides is 1. The van der Waals surface area contributed by atoms with Crippen molar-refractivity contribution in [2.45, 2.75) is 46.2 Å². The Morgan fingerprint density at radius 2 is 1.76 bits per heavy atom. The molecule has 0 bridgehead atoms. The number of allylic oxidation sites excluding steroid dienone is 3. The number of aryl methyl sites for hydroxylation is 1. The van der Waals surface area contributed by atoms with Gasteiger partial charge in [0.15, 0.2) is 0 Å². The van der Waals surface area contributed by atoms with E-state index in [9.17, 15) is 13.2 Å². The summed E-state index contributed by atoms with van der Waals surface area (Å²) in [5.41, 5.74) is 1.70. The largest absolute Gasteiger partial charge is 0.358 e. The molecule has 2 heterocycles. The van der Waals surface area contributed by atoms with Crippen molar-refractivity contribution in [1.82, 2.24) is 15.0 Å². The quantitative estimate of drug-likeness (QED) is 0.296. The molecule has 37 heavy (non-hydrogen) atoms. The van der Waals surface area contributed by atoms with E-state index < -0.39 is 17.3 Å². The second-order valence-electron chi connectivity index (χ2n) is 8.92. The van der Waals surface area contributed by atoms with Gasteiger partial charge in [0.1, 0.15) is 17.3 Å². The predicted octanol–water partition coefficient (Wildman–Crippen LogP) is 6.77. The van der Waals surface area contributed by atoms with Crippen molar-refractivity contribution in [3.63, 3.8) is 0 Å². The number of aliphatic imine (C=N–C) groups is 1. The van der Waals surface area contributed by atoms with Crippen molar-refractivity contribution < 1.29 is 13.2 Å². The lowest BCUT2D eigenvalue weighted by molar-refractivity contribution is 0.219. The van der Waals surface area contributed by atoms with Crippen LogP contribution in [0.2, 0.25) is 0 Å². The van der Waals surface area contributed by atoms with E-state index in [-0.39, 0.29) is 17.5 Å². The van der Waals surface area contributed by atoms with Crippen LogP contribution in [0.1, 0.15) is 44.5 Å². The highest BCUT2D eigenvalue weighted by Gasteiger charge is 2.23. The van der Waals surface area contributed by atoms with Gasteiger partial charge < -0.3 is 10.6 Å². The maximum Gasteiger partial charge on any atom is 0.227 e. The molecule has 9 heteroatoms. The molecule has 0 radical (unpaired) electrons. The lowest BCUT2D eigenvalue weighted by Crippen LogP contribution is -2.14. The van der Waals surface area contributed by atoms with Crippen LogP contribution < -0.4 is 10.6 Å². The molecular weight excluding hydrogens is 477 g/mol. The number of rotatable bonds is 10. The fourth-order valence-electron chi connectivity index (χ4n) is 3.76. The number of nitrogens with zero attached hydrogens (tertiary/aromatic N) is 4. The summed E-state index contributed by atoms with van der Waals surface area (Å²) in [5.74, 6) is -0.907. The van der Waals surface area contributed by atoms with E-state index in [2.05, 4.69) is 37.2 Å². The summed E-state index contributed by atoms with van der Waals surface area (Å²) in [6.07, 6.45) is 8.45. The van der Waals surface area contributed by atoms with Gasteiger partial charge in [-0.3, -0.25) is 9.98 Å². The second kappa shape index (κ2) is 11.8. The van der Waals surface area contributed by atoms with Gasteiger partial charge in [0.2, 0.25) is 5.95 Å². The molecule has 2 aromatic heterocycles. The van der Waals surface area contributed by atoms with Gasteiger partial charge in [0.05, 0.1) is 17.6 Å². The molecule has 194 valence electrons. The van der Waals surface area contributed by atoms with Crippen LogP contribution in [0.3, 0.4) is 0 Å². The Morgan fingerprint density at radius 1 is 1.05 bits per heavy atom. The Labute approximate surface area is 215 Å². The number of aromatic nitrogens is 3. The molecule has 0 spiro atoms. The van der Waals surface area contributed by atoms with Gasteiger partial charge in [-0.05, 0) is 51.0 Å². The van der Waals surface area contributed by atoms with E-state index in [0.717, 1.165) is 12.1 Å². The van der Waals surface area contributed by atoms with E-state index in [1.807, 2.05) is 13.8 Å². The molecular formula is C28H31F3N6. The zero-order valence-corrected chi connectivity index (χ0v) is 21.7. The Kier molecular flexibility index (Phi) is 8.81. The first-order valence-electron chi connectivity index (χ1n) is 11.8. The minimum atomic E-state index is -1.57. The molecule has 0 aliphatic carbocycles. The number of pyridine rings is 1. The standard InChI is InChI=1S/C28H31F3N6/c1-7-20(15-32-6)37-27-34-13-19(14-35-27)22-12-24(29)18(10-25(22)30)9-17(3)36-21-11-23(28(4,5)31)26(8-2)33-16-21/h7,10-16,36H,3,8-9H2,1-2,4-6H3,(H,34,35,37)/b20-7+,32-15?. The first-order chi connectivity index (χ1) is 17.5. The van der Waals surface area contributed by atoms with Crippen molar-refractivity contribution >= 4 is 17.9 Å². The van der Waals surface area contributed by atoms with Gasteiger partial charge in [-0.2, -0.15) is 0 Å². The normalized spacial score (nSPS) is 12.2. The fourth-order valence-corrected chi connectivity index (χ4v) is 3.76. The van der Waals surface area contributed by atoms with Crippen LogP contribution in [0, 0.1) is 11.6 Å². The monoisotopic (exact) mass is 508 g/mol. The van der Waals surface area contributed by atoms with Crippen molar-refractivity contribution in [1.29, 1.82) is 0 Å². The molecule has 1 aromatic carbocycles. The van der Waals surface area contributed by atoms with Gasteiger partial charge in [-0.1, -0.05) is 19.6 Å². The topological polar surface area (TPSA) is 75.1 Å². The van der Waals surface area contributed by atoms with Crippen LogP contribution in [0.4, 0.5) is 24.8 Å². The molecule has 0 saturated carbocycles. The van der Waals surface area contributed by atoms with E-state index in [0.29, 0.717) is 46.3 Å². The van der Waals surface area contributed by atoms with Gasteiger partial charge in [0.25, 0.3) is 0 Å².